The highest BCUT2D eigenvalue weighted by molar-refractivity contribution is 7.80. The van der Waals surface area contributed by atoms with Crippen molar-refractivity contribution in [3.8, 4) is 0 Å². The van der Waals surface area contributed by atoms with E-state index in [2.05, 4.69) is 22.8 Å². The maximum Gasteiger partial charge on any atom is 0.106 e. The summed E-state index contributed by atoms with van der Waals surface area (Å²) in [6.07, 6.45) is -0.0684. The Bertz CT molecular complexity index is 498. The van der Waals surface area contributed by atoms with Gasteiger partial charge in [0.05, 0.1) is 17.8 Å². The Morgan fingerprint density at radius 3 is 2.88 bits per heavy atom. The molecule has 16 heavy (non-hydrogen) atoms. The average molecular weight is 238 g/mol. The lowest BCUT2D eigenvalue weighted by atomic mass is 9.98. The van der Waals surface area contributed by atoms with E-state index < -0.39 is 12.2 Å². The first-order chi connectivity index (χ1) is 7.63. The number of thiol groups is 1. The fourth-order valence-electron chi connectivity index (χ4n) is 1.74. The van der Waals surface area contributed by atoms with Crippen LogP contribution in [0.5, 0.6) is 0 Å². The lowest BCUT2D eigenvalue weighted by molar-refractivity contribution is 0.0334. The van der Waals surface area contributed by atoms with Gasteiger partial charge in [0, 0.05) is 11.1 Å². The topological polar surface area (TPSA) is 69.1 Å². The summed E-state index contributed by atoms with van der Waals surface area (Å²) in [5, 5.41) is 27.2. The highest BCUT2D eigenvalue weighted by Crippen LogP contribution is 2.25. The van der Waals surface area contributed by atoms with Crippen LogP contribution in [0.4, 0.5) is 0 Å². The van der Waals surface area contributed by atoms with Crippen molar-refractivity contribution in [3.63, 3.8) is 0 Å². The molecule has 1 aromatic heterocycles. The molecule has 86 valence electrons. The molecule has 0 spiro atoms. The normalized spacial score (nSPS) is 15.2. The zero-order chi connectivity index (χ0) is 11.7. The minimum Gasteiger partial charge on any atom is -0.389 e. The molecule has 0 aliphatic heterocycles. The van der Waals surface area contributed by atoms with Gasteiger partial charge in [-0.15, -0.1) is 0 Å². The third-order valence-corrected chi connectivity index (χ3v) is 3.07. The molecule has 2 rings (SSSR count). The van der Waals surface area contributed by atoms with Crippen molar-refractivity contribution in [2.75, 3.05) is 5.75 Å². The second-order valence-corrected chi connectivity index (χ2v) is 4.23. The minimum atomic E-state index is -0.906. The van der Waals surface area contributed by atoms with Crippen LogP contribution in [-0.2, 0) is 0 Å². The van der Waals surface area contributed by atoms with Crippen molar-refractivity contribution in [2.45, 2.75) is 19.1 Å². The van der Waals surface area contributed by atoms with Gasteiger partial charge >= 0.3 is 0 Å². The molecule has 5 heteroatoms. The molecule has 0 aliphatic rings. The van der Waals surface area contributed by atoms with Gasteiger partial charge in [0.15, 0.2) is 0 Å². The highest BCUT2D eigenvalue weighted by Gasteiger charge is 2.19. The Balaban J connectivity index is 2.46. The van der Waals surface area contributed by atoms with Crippen LogP contribution in [0.3, 0.4) is 0 Å². The monoisotopic (exact) mass is 238 g/mol. The minimum absolute atomic E-state index is 0.226. The molecule has 4 nitrogen and oxygen atoms in total. The Morgan fingerprint density at radius 2 is 2.19 bits per heavy atom. The summed E-state index contributed by atoms with van der Waals surface area (Å²) in [6, 6.07) is 3.75. The van der Waals surface area contributed by atoms with E-state index in [0.29, 0.717) is 0 Å². The predicted molar refractivity (Wildman–Crippen MR) is 65.7 cm³/mol. The SMILES string of the molecule is Cc1cc2[nH]ncc2cc1C(O)C(O)CS. The molecule has 1 aromatic carbocycles. The Labute approximate surface area is 98.7 Å². The summed E-state index contributed by atoms with van der Waals surface area (Å²) in [5.74, 6) is 0.226. The van der Waals surface area contributed by atoms with Crippen LogP contribution in [-0.4, -0.2) is 32.3 Å². The van der Waals surface area contributed by atoms with E-state index in [1.54, 1.807) is 6.20 Å². The molecule has 0 saturated heterocycles. The van der Waals surface area contributed by atoms with Gasteiger partial charge in [-0.05, 0) is 30.2 Å². The number of aliphatic hydroxyl groups excluding tert-OH is 2. The number of benzene rings is 1. The molecular weight excluding hydrogens is 224 g/mol. The fourth-order valence-corrected chi connectivity index (χ4v) is 1.94. The van der Waals surface area contributed by atoms with Gasteiger partial charge in [0.25, 0.3) is 0 Å². The van der Waals surface area contributed by atoms with Gasteiger partial charge in [-0.1, -0.05) is 0 Å². The van der Waals surface area contributed by atoms with Crippen molar-refractivity contribution in [1.29, 1.82) is 0 Å². The molecule has 3 N–H and O–H groups in total. The van der Waals surface area contributed by atoms with E-state index >= 15 is 0 Å². The lowest BCUT2D eigenvalue weighted by Gasteiger charge is -2.18. The summed E-state index contributed by atoms with van der Waals surface area (Å²) < 4.78 is 0. The molecule has 0 saturated carbocycles. The maximum absolute atomic E-state index is 9.94. The van der Waals surface area contributed by atoms with Crippen LogP contribution in [0.2, 0.25) is 0 Å². The van der Waals surface area contributed by atoms with Crippen LogP contribution in [0.1, 0.15) is 17.2 Å². The molecule has 1 heterocycles. The van der Waals surface area contributed by atoms with Gasteiger partial charge < -0.3 is 10.2 Å². The van der Waals surface area contributed by atoms with E-state index in [1.165, 1.54) is 0 Å². The quantitative estimate of drug-likeness (QED) is 0.607. The van der Waals surface area contributed by atoms with E-state index in [0.717, 1.165) is 22.0 Å². The number of hydrogen-bond donors (Lipinski definition) is 4. The number of rotatable bonds is 3. The Kier molecular flexibility index (Phi) is 3.18. The van der Waals surface area contributed by atoms with E-state index in [9.17, 15) is 10.2 Å². The number of hydrogen-bond acceptors (Lipinski definition) is 4. The molecule has 0 fully saturated rings. The number of H-pyrrole nitrogens is 1. The van der Waals surface area contributed by atoms with E-state index in [-0.39, 0.29) is 5.75 Å². The van der Waals surface area contributed by atoms with Crippen molar-refractivity contribution < 1.29 is 10.2 Å². The second-order valence-electron chi connectivity index (χ2n) is 3.86. The highest BCUT2D eigenvalue weighted by atomic mass is 32.1. The largest absolute Gasteiger partial charge is 0.389 e. The number of aromatic amines is 1. The molecule has 2 atom stereocenters. The van der Waals surface area contributed by atoms with Gasteiger partial charge in [0.1, 0.15) is 6.10 Å². The summed E-state index contributed by atoms with van der Waals surface area (Å²) in [7, 11) is 0. The van der Waals surface area contributed by atoms with Crippen molar-refractivity contribution >= 4 is 23.5 Å². The van der Waals surface area contributed by atoms with E-state index in [1.807, 2.05) is 19.1 Å². The molecule has 0 amide bonds. The van der Waals surface area contributed by atoms with Crippen LogP contribution in [0.25, 0.3) is 10.9 Å². The van der Waals surface area contributed by atoms with Crippen LogP contribution >= 0.6 is 12.6 Å². The smallest absolute Gasteiger partial charge is 0.106 e. The Morgan fingerprint density at radius 1 is 1.44 bits per heavy atom. The number of nitrogens with one attached hydrogen (secondary N) is 1. The van der Waals surface area contributed by atoms with Gasteiger partial charge in [-0.25, -0.2) is 0 Å². The Hall–Kier alpha value is -1.04. The average Bonchev–Trinajstić information content (AvgIpc) is 2.72. The van der Waals surface area contributed by atoms with Crippen molar-refractivity contribution in [3.05, 3.63) is 29.5 Å². The maximum atomic E-state index is 9.94. The van der Waals surface area contributed by atoms with Crippen molar-refractivity contribution in [2.24, 2.45) is 0 Å². The molecular formula is C11H14N2O2S. The number of fused-ring (bicyclic) bond motifs is 1. The summed E-state index contributed by atoms with van der Waals surface area (Å²) in [5.41, 5.74) is 2.56. The van der Waals surface area contributed by atoms with Crippen LogP contribution in [0, 0.1) is 6.92 Å². The third kappa shape index (κ3) is 1.93. The first kappa shape index (κ1) is 11.4. The van der Waals surface area contributed by atoms with Gasteiger partial charge in [0.2, 0.25) is 0 Å². The van der Waals surface area contributed by atoms with Crippen molar-refractivity contribution in [1.82, 2.24) is 10.2 Å². The van der Waals surface area contributed by atoms with Crippen LogP contribution in [0.15, 0.2) is 18.3 Å². The van der Waals surface area contributed by atoms with Crippen LogP contribution < -0.4 is 0 Å². The predicted octanol–water partition coefficient (Wildman–Crippen LogP) is 1.20. The number of nitrogens with zero attached hydrogens (tertiary/aromatic N) is 1. The second kappa shape index (κ2) is 4.45. The number of aryl methyl sites for hydroxylation is 1. The molecule has 0 radical (unpaired) electrons. The summed E-state index contributed by atoms with van der Waals surface area (Å²) in [6.45, 7) is 1.89. The summed E-state index contributed by atoms with van der Waals surface area (Å²) >= 11 is 3.97. The fraction of sp³-hybridized carbons (Fsp3) is 0.364. The number of aromatic nitrogens is 2. The molecule has 2 aromatic rings. The standard InChI is InChI=1S/C11H14N2O2S/c1-6-2-9-7(4-12-13-9)3-8(6)11(15)10(14)5-16/h2-4,10-11,14-16H,5H2,1H3,(H,12,13). The zero-order valence-corrected chi connectivity index (χ0v) is 9.78. The lowest BCUT2D eigenvalue weighted by Crippen LogP contribution is -2.20. The van der Waals surface area contributed by atoms with Gasteiger partial charge in [-0.3, -0.25) is 5.10 Å². The summed E-state index contributed by atoms with van der Waals surface area (Å²) in [4.78, 5) is 0. The molecule has 0 bridgehead atoms. The van der Waals surface area contributed by atoms with Gasteiger partial charge in [-0.2, -0.15) is 17.7 Å². The molecule has 2 unspecified atom stereocenters. The van der Waals surface area contributed by atoms with E-state index in [4.69, 9.17) is 0 Å². The zero-order valence-electron chi connectivity index (χ0n) is 8.88. The first-order valence-electron chi connectivity index (χ1n) is 5.04. The number of aliphatic hydroxyl groups is 2. The first-order valence-corrected chi connectivity index (χ1v) is 5.67. The molecule has 0 aliphatic carbocycles. The third-order valence-electron chi connectivity index (χ3n) is 2.70.